The Balaban J connectivity index is 2.55. The van der Waals surface area contributed by atoms with Gasteiger partial charge >= 0.3 is 18.6 Å². The van der Waals surface area contributed by atoms with Crippen molar-refractivity contribution in [1.82, 2.24) is 0 Å². The van der Waals surface area contributed by atoms with Crippen LogP contribution in [0.15, 0.2) is 61.2 Å². The van der Waals surface area contributed by atoms with Gasteiger partial charge in [-0.25, -0.2) is 14.6 Å². The molecule has 0 N–H and O–H groups in total. The number of hydrogen-bond donors (Lipinski definition) is 0. The molecule has 0 fully saturated rings. The third-order valence-electron chi connectivity index (χ3n) is 3.29. The summed E-state index contributed by atoms with van der Waals surface area (Å²) in [6.45, 7) is 3.43. The highest BCUT2D eigenvalue weighted by atomic mass is 19.4. The van der Waals surface area contributed by atoms with Crippen LogP contribution >= 0.6 is 0 Å². The molecule has 26 heavy (non-hydrogen) atoms. The van der Waals surface area contributed by atoms with Gasteiger partial charge in [-0.2, -0.15) is 0 Å². The first-order valence-corrected chi connectivity index (χ1v) is 7.11. The van der Waals surface area contributed by atoms with Crippen LogP contribution in [0.1, 0.15) is 5.56 Å². The summed E-state index contributed by atoms with van der Waals surface area (Å²) in [6.07, 6.45) is -9.39. The minimum atomic E-state index is -5.37. The second-order valence-electron chi connectivity index (χ2n) is 5.02. The second-order valence-corrected chi connectivity index (χ2v) is 5.02. The Hall–Kier alpha value is -2.97. The number of carbonyl (C=O) groups is 1. The average molecular weight is 374 g/mol. The van der Waals surface area contributed by atoms with E-state index in [9.17, 15) is 31.1 Å². The third kappa shape index (κ3) is 4.16. The van der Waals surface area contributed by atoms with E-state index in [0.29, 0.717) is 5.56 Å². The van der Waals surface area contributed by atoms with E-state index >= 15 is 0 Å². The lowest BCUT2D eigenvalue weighted by atomic mass is 10.2. The molecule has 0 aromatic heterocycles. The fraction of sp³-hybridized carbons (Fsp3) is 0.118. The van der Waals surface area contributed by atoms with E-state index in [1.165, 1.54) is 36.4 Å². The highest BCUT2D eigenvalue weighted by Crippen LogP contribution is 2.35. The van der Waals surface area contributed by atoms with Gasteiger partial charge in [0.2, 0.25) is 0 Å². The molecular formula is C17H12F6N2O. The predicted molar refractivity (Wildman–Crippen MR) is 85.4 cm³/mol. The molecule has 0 atom stereocenters. The Morgan fingerprint density at radius 1 is 0.769 bits per heavy atom. The fourth-order valence-electron chi connectivity index (χ4n) is 2.17. The summed E-state index contributed by atoms with van der Waals surface area (Å²) in [5.74, 6) is 0. The lowest BCUT2D eigenvalue weighted by Crippen LogP contribution is -2.55. The van der Waals surface area contributed by atoms with Crippen LogP contribution in [0.4, 0.5) is 42.5 Å². The number of anilines is 2. The summed E-state index contributed by atoms with van der Waals surface area (Å²) in [6, 6.07) is 7.41. The highest BCUT2D eigenvalue weighted by Gasteiger charge is 2.51. The molecule has 2 aromatic rings. The Morgan fingerprint density at radius 2 is 1.19 bits per heavy atom. The van der Waals surface area contributed by atoms with Crippen molar-refractivity contribution in [3.05, 3.63) is 66.7 Å². The molecule has 0 saturated carbocycles. The van der Waals surface area contributed by atoms with Crippen molar-refractivity contribution in [1.29, 1.82) is 0 Å². The molecule has 0 aliphatic heterocycles. The van der Waals surface area contributed by atoms with Gasteiger partial charge in [0.1, 0.15) is 0 Å². The molecule has 2 rings (SSSR count). The van der Waals surface area contributed by atoms with Gasteiger partial charge in [0.05, 0.1) is 11.4 Å². The summed E-state index contributed by atoms with van der Waals surface area (Å²) < 4.78 is 80.2. The smallest absolute Gasteiger partial charge is 0.247 e. The van der Waals surface area contributed by atoms with Crippen molar-refractivity contribution >= 4 is 23.5 Å². The SMILES string of the molecule is C=Cc1ccc(N(C(=O)N(c2ccccc2)C(F)(F)F)C(F)(F)F)cc1. The van der Waals surface area contributed by atoms with Gasteiger partial charge in [-0.3, -0.25) is 0 Å². The topological polar surface area (TPSA) is 23.6 Å². The van der Waals surface area contributed by atoms with Crippen molar-refractivity contribution in [2.24, 2.45) is 0 Å². The number of nitrogens with zero attached hydrogens (tertiary/aromatic N) is 2. The fourth-order valence-corrected chi connectivity index (χ4v) is 2.17. The molecule has 0 aliphatic carbocycles. The van der Waals surface area contributed by atoms with Crippen LogP contribution in [0.5, 0.6) is 0 Å². The van der Waals surface area contributed by atoms with Crippen molar-refractivity contribution in [3.63, 3.8) is 0 Å². The molecule has 9 heteroatoms. The molecule has 0 bridgehead atoms. The third-order valence-corrected chi connectivity index (χ3v) is 3.29. The molecule has 2 amide bonds. The summed E-state index contributed by atoms with van der Waals surface area (Å²) in [5, 5.41) is 0. The van der Waals surface area contributed by atoms with Gasteiger partial charge < -0.3 is 0 Å². The average Bonchev–Trinajstić information content (AvgIpc) is 2.54. The molecule has 0 heterocycles. The molecule has 0 unspecified atom stereocenters. The van der Waals surface area contributed by atoms with Crippen molar-refractivity contribution in [2.75, 3.05) is 9.80 Å². The highest BCUT2D eigenvalue weighted by molar-refractivity contribution is 6.04. The molecular weight excluding hydrogens is 362 g/mol. The van der Waals surface area contributed by atoms with Crippen LogP contribution in [-0.2, 0) is 0 Å². The monoisotopic (exact) mass is 374 g/mol. The summed E-state index contributed by atoms with van der Waals surface area (Å²) in [4.78, 5) is 10.6. The zero-order valence-corrected chi connectivity index (χ0v) is 13.1. The van der Waals surface area contributed by atoms with Crippen molar-refractivity contribution in [2.45, 2.75) is 12.6 Å². The number of halogens is 6. The molecule has 0 saturated heterocycles. The summed E-state index contributed by atoms with van der Waals surface area (Å²) in [7, 11) is 0. The number of carbonyl (C=O) groups excluding carboxylic acids is 1. The molecule has 0 spiro atoms. The van der Waals surface area contributed by atoms with E-state index in [0.717, 1.165) is 24.3 Å². The number of hydrogen-bond acceptors (Lipinski definition) is 1. The van der Waals surface area contributed by atoms with Crippen LogP contribution in [0, 0.1) is 0 Å². The van der Waals surface area contributed by atoms with Crippen LogP contribution < -0.4 is 9.80 Å². The van der Waals surface area contributed by atoms with Gasteiger partial charge in [0.25, 0.3) is 0 Å². The van der Waals surface area contributed by atoms with Crippen LogP contribution in [0.25, 0.3) is 6.08 Å². The lowest BCUT2D eigenvalue weighted by Gasteiger charge is -2.32. The second kappa shape index (κ2) is 7.11. The van der Waals surface area contributed by atoms with E-state index in [1.807, 2.05) is 0 Å². The maximum atomic E-state index is 13.4. The normalized spacial score (nSPS) is 11.8. The quantitative estimate of drug-likeness (QED) is 0.492. The molecule has 138 valence electrons. The van der Waals surface area contributed by atoms with Crippen molar-refractivity contribution in [3.8, 4) is 0 Å². The first-order valence-electron chi connectivity index (χ1n) is 7.11. The summed E-state index contributed by atoms with van der Waals surface area (Å²) >= 11 is 0. The number of rotatable bonds is 3. The number of urea groups is 1. The Bertz CT molecular complexity index is 769. The van der Waals surface area contributed by atoms with Gasteiger partial charge in [-0.15, -0.1) is 26.3 Å². The number of para-hydroxylation sites is 1. The number of amides is 2. The largest absolute Gasteiger partial charge is 0.493 e. The standard InChI is InChI=1S/C17H12F6N2O/c1-2-12-8-10-14(11-9-12)25(17(21,22)23)15(26)24(16(18,19)20)13-6-4-3-5-7-13/h2-11H,1H2. The van der Waals surface area contributed by atoms with Crippen LogP contribution in [-0.4, -0.2) is 18.6 Å². The zero-order chi connectivity index (χ0) is 19.5. The minimum Gasteiger partial charge on any atom is -0.247 e. The minimum absolute atomic E-state index is 0.444. The van der Waals surface area contributed by atoms with E-state index in [2.05, 4.69) is 6.58 Å². The van der Waals surface area contributed by atoms with Gasteiger partial charge in [-0.1, -0.05) is 43.0 Å². The predicted octanol–water partition coefficient (Wildman–Crippen LogP) is 5.80. The van der Waals surface area contributed by atoms with E-state index in [1.54, 1.807) is 0 Å². The van der Waals surface area contributed by atoms with E-state index in [4.69, 9.17) is 0 Å². The first-order chi connectivity index (χ1) is 12.1. The zero-order valence-electron chi connectivity index (χ0n) is 13.1. The van der Waals surface area contributed by atoms with Gasteiger partial charge in [-0.05, 0) is 29.8 Å². The lowest BCUT2D eigenvalue weighted by molar-refractivity contribution is -0.132. The molecule has 3 nitrogen and oxygen atoms in total. The van der Waals surface area contributed by atoms with E-state index < -0.39 is 39.8 Å². The maximum Gasteiger partial charge on any atom is 0.493 e. The van der Waals surface area contributed by atoms with Gasteiger partial charge in [0.15, 0.2) is 0 Å². The first kappa shape index (κ1) is 19.4. The van der Waals surface area contributed by atoms with Crippen LogP contribution in [0.3, 0.4) is 0 Å². The Kier molecular flexibility index (Phi) is 5.29. The Labute approximate surface area is 144 Å². The van der Waals surface area contributed by atoms with Crippen molar-refractivity contribution < 1.29 is 31.1 Å². The van der Waals surface area contributed by atoms with Gasteiger partial charge in [0, 0.05) is 0 Å². The van der Waals surface area contributed by atoms with Crippen LogP contribution in [0.2, 0.25) is 0 Å². The molecule has 0 radical (unpaired) electrons. The Morgan fingerprint density at radius 3 is 1.58 bits per heavy atom. The summed E-state index contributed by atoms with van der Waals surface area (Å²) in [5.41, 5.74) is -1.04. The molecule has 0 aliphatic rings. The number of alkyl halides is 6. The van der Waals surface area contributed by atoms with E-state index in [-0.39, 0.29) is 0 Å². The maximum absolute atomic E-state index is 13.4. The number of benzene rings is 2. The molecule has 2 aromatic carbocycles.